The highest BCUT2D eigenvalue weighted by Crippen LogP contribution is 2.31. The van der Waals surface area contributed by atoms with E-state index in [1.165, 1.54) is 11.8 Å². The average Bonchev–Trinajstić information content (AvgIpc) is 2.83. The Hall–Kier alpha value is -1.33. The highest BCUT2D eigenvalue weighted by molar-refractivity contribution is 7.99. The summed E-state index contributed by atoms with van der Waals surface area (Å²) in [6.45, 7) is 0. The smallest absolute Gasteiger partial charge is 0.189 e. The van der Waals surface area contributed by atoms with Crippen molar-refractivity contribution in [1.82, 2.24) is 14.8 Å². The zero-order chi connectivity index (χ0) is 10.3. The van der Waals surface area contributed by atoms with Gasteiger partial charge in [-0.1, -0.05) is 42.1 Å². The Bertz CT molecular complexity index is 483. The van der Waals surface area contributed by atoms with Crippen molar-refractivity contribution in [3.8, 4) is 11.4 Å². The Morgan fingerprint density at radius 1 is 1.33 bits per heavy atom. The van der Waals surface area contributed by atoms with Crippen LogP contribution in [0.3, 0.4) is 0 Å². The van der Waals surface area contributed by atoms with E-state index in [4.69, 9.17) is 0 Å². The lowest BCUT2D eigenvalue weighted by Crippen LogP contribution is -2.06. The minimum atomic E-state index is -0.532. The summed E-state index contributed by atoms with van der Waals surface area (Å²) in [6, 6.07) is 9.77. The molecule has 0 spiro atoms. The fourth-order valence-electron chi connectivity index (χ4n) is 1.53. The van der Waals surface area contributed by atoms with Gasteiger partial charge in [0.05, 0.1) is 0 Å². The topological polar surface area (TPSA) is 50.9 Å². The standard InChI is InChI=1S/C10H9N3OS/c14-8-6-15-10-11-9(12-13(8)10)7-4-2-1-3-5-7/h1-5,8,14H,6H2. The van der Waals surface area contributed by atoms with Crippen LogP contribution >= 0.6 is 11.8 Å². The van der Waals surface area contributed by atoms with Crippen LogP contribution in [0.4, 0.5) is 0 Å². The van der Waals surface area contributed by atoms with E-state index in [1.807, 2.05) is 30.3 Å². The van der Waals surface area contributed by atoms with Crippen LogP contribution in [0.2, 0.25) is 0 Å². The number of hydrogen-bond acceptors (Lipinski definition) is 4. The molecule has 4 nitrogen and oxygen atoms in total. The maximum atomic E-state index is 9.58. The van der Waals surface area contributed by atoms with E-state index in [9.17, 15) is 5.11 Å². The molecule has 0 aliphatic carbocycles. The second-order valence-corrected chi connectivity index (χ2v) is 4.31. The first-order valence-electron chi connectivity index (χ1n) is 4.67. The predicted octanol–water partition coefficient (Wildman–Crippen LogP) is 1.54. The monoisotopic (exact) mass is 219 g/mol. The maximum absolute atomic E-state index is 9.58. The van der Waals surface area contributed by atoms with E-state index in [1.54, 1.807) is 4.68 Å². The molecule has 5 heteroatoms. The van der Waals surface area contributed by atoms with Crippen molar-refractivity contribution in [3.63, 3.8) is 0 Å². The van der Waals surface area contributed by atoms with E-state index in [-0.39, 0.29) is 0 Å². The van der Waals surface area contributed by atoms with Crippen LogP contribution in [0.25, 0.3) is 11.4 Å². The number of nitrogens with zero attached hydrogens (tertiary/aromatic N) is 3. The van der Waals surface area contributed by atoms with Gasteiger partial charge >= 0.3 is 0 Å². The average molecular weight is 219 g/mol. The second kappa shape index (κ2) is 3.36. The fourth-order valence-corrected chi connectivity index (χ4v) is 2.42. The van der Waals surface area contributed by atoms with Gasteiger partial charge in [-0.2, -0.15) is 0 Å². The number of aromatic nitrogens is 3. The summed E-state index contributed by atoms with van der Waals surface area (Å²) in [4.78, 5) is 4.37. The summed E-state index contributed by atoms with van der Waals surface area (Å²) in [5, 5.41) is 14.7. The highest BCUT2D eigenvalue weighted by Gasteiger charge is 2.24. The van der Waals surface area contributed by atoms with Crippen LogP contribution < -0.4 is 0 Å². The van der Waals surface area contributed by atoms with Gasteiger partial charge in [0, 0.05) is 11.3 Å². The molecule has 1 aliphatic heterocycles. The first-order chi connectivity index (χ1) is 7.34. The lowest BCUT2D eigenvalue weighted by atomic mass is 10.2. The van der Waals surface area contributed by atoms with E-state index < -0.39 is 6.23 Å². The first-order valence-corrected chi connectivity index (χ1v) is 5.66. The third-order valence-electron chi connectivity index (χ3n) is 2.28. The molecule has 3 rings (SSSR count). The summed E-state index contributed by atoms with van der Waals surface area (Å²) in [5.74, 6) is 1.32. The summed E-state index contributed by atoms with van der Waals surface area (Å²) < 4.78 is 1.58. The van der Waals surface area contributed by atoms with Gasteiger partial charge in [0.1, 0.15) is 0 Å². The van der Waals surface area contributed by atoms with Gasteiger partial charge in [0.15, 0.2) is 17.2 Å². The molecule has 1 aromatic heterocycles. The van der Waals surface area contributed by atoms with Gasteiger partial charge in [-0.15, -0.1) is 5.10 Å². The molecular formula is C10H9N3OS. The molecule has 1 unspecified atom stereocenters. The lowest BCUT2D eigenvalue weighted by Gasteiger charge is -2.00. The normalized spacial score (nSPS) is 19.1. The van der Waals surface area contributed by atoms with Crippen molar-refractivity contribution in [3.05, 3.63) is 30.3 Å². The first kappa shape index (κ1) is 8.94. The van der Waals surface area contributed by atoms with Crippen LogP contribution in [-0.2, 0) is 0 Å². The largest absolute Gasteiger partial charge is 0.371 e. The van der Waals surface area contributed by atoms with Gasteiger partial charge < -0.3 is 5.11 Å². The van der Waals surface area contributed by atoms with Gasteiger partial charge in [0.25, 0.3) is 0 Å². The molecule has 0 radical (unpaired) electrons. The second-order valence-electron chi connectivity index (χ2n) is 3.32. The summed E-state index contributed by atoms with van der Waals surface area (Å²) >= 11 is 1.53. The van der Waals surface area contributed by atoms with Crippen molar-refractivity contribution in [1.29, 1.82) is 0 Å². The molecule has 0 saturated heterocycles. The fraction of sp³-hybridized carbons (Fsp3) is 0.200. The van der Waals surface area contributed by atoms with E-state index in [0.717, 1.165) is 10.7 Å². The molecule has 0 fully saturated rings. The maximum Gasteiger partial charge on any atom is 0.189 e. The number of rotatable bonds is 1. The number of aliphatic hydroxyl groups is 1. The molecule has 1 aliphatic rings. The number of hydrogen-bond donors (Lipinski definition) is 1. The highest BCUT2D eigenvalue weighted by atomic mass is 32.2. The zero-order valence-electron chi connectivity index (χ0n) is 7.87. The Kier molecular flexibility index (Phi) is 2.00. The zero-order valence-corrected chi connectivity index (χ0v) is 8.68. The number of thioether (sulfide) groups is 1. The van der Waals surface area contributed by atoms with E-state index in [2.05, 4.69) is 10.1 Å². The Morgan fingerprint density at radius 3 is 2.87 bits per heavy atom. The van der Waals surface area contributed by atoms with Crippen LogP contribution in [0.15, 0.2) is 35.5 Å². The van der Waals surface area contributed by atoms with Crippen LogP contribution in [0.5, 0.6) is 0 Å². The Labute approximate surface area is 91.0 Å². The van der Waals surface area contributed by atoms with Crippen LogP contribution in [-0.4, -0.2) is 25.6 Å². The third-order valence-corrected chi connectivity index (χ3v) is 3.28. The SMILES string of the molecule is OC1CSc2nc(-c3ccccc3)nn21. The number of aliphatic hydroxyl groups excluding tert-OH is 1. The molecule has 2 heterocycles. The van der Waals surface area contributed by atoms with E-state index >= 15 is 0 Å². The molecule has 1 N–H and O–H groups in total. The summed E-state index contributed by atoms with van der Waals surface area (Å²) in [6.07, 6.45) is -0.532. The molecule has 76 valence electrons. The molecule has 0 amide bonds. The van der Waals surface area contributed by atoms with Crippen molar-refractivity contribution in [2.24, 2.45) is 0 Å². The van der Waals surface area contributed by atoms with Gasteiger partial charge in [0.2, 0.25) is 0 Å². The molecular weight excluding hydrogens is 210 g/mol. The quantitative estimate of drug-likeness (QED) is 0.790. The van der Waals surface area contributed by atoms with Gasteiger partial charge in [-0.05, 0) is 0 Å². The molecule has 1 atom stereocenters. The predicted molar refractivity (Wildman–Crippen MR) is 57.4 cm³/mol. The van der Waals surface area contributed by atoms with E-state index in [0.29, 0.717) is 11.6 Å². The lowest BCUT2D eigenvalue weighted by molar-refractivity contribution is 0.112. The third kappa shape index (κ3) is 1.44. The molecule has 0 saturated carbocycles. The molecule has 2 aromatic rings. The minimum absolute atomic E-state index is 0.532. The van der Waals surface area contributed by atoms with Crippen molar-refractivity contribution in [2.45, 2.75) is 11.4 Å². The summed E-state index contributed by atoms with van der Waals surface area (Å²) in [7, 11) is 0. The molecule has 0 bridgehead atoms. The van der Waals surface area contributed by atoms with Gasteiger partial charge in [-0.25, -0.2) is 9.67 Å². The van der Waals surface area contributed by atoms with Crippen molar-refractivity contribution < 1.29 is 5.11 Å². The van der Waals surface area contributed by atoms with Gasteiger partial charge in [-0.3, -0.25) is 0 Å². The van der Waals surface area contributed by atoms with Crippen molar-refractivity contribution >= 4 is 11.8 Å². The number of benzene rings is 1. The Balaban J connectivity index is 2.05. The molecule has 15 heavy (non-hydrogen) atoms. The molecule has 1 aromatic carbocycles. The Morgan fingerprint density at radius 2 is 2.13 bits per heavy atom. The summed E-state index contributed by atoms with van der Waals surface area (Å²) in [5.41, 5.74) is 0.979. The van der Waals surface area contributed by atoms with Crippen LogP contribution in [0, 0.1) is 0 Å². The minimum Gasteiger partial charge on any atom is -0.371 e. The van der Waals surface area contributed by atoms with Crippen molar-refractivity contribution in [2.75, 3.05) is 5.75 Å². The number of fused-ring (bicyclic) bond motifs is 1. The van der Waals surface area contributed by atoms with Crippen LogP contribution in [0.1, 0.15) is 6.23 Å².